The predicted octanol–water partition coefficient (Wildman–Crippen LogP) is 2.83. The molecule has 8 heteroatoms. The fourth-order valence-corrected chi connectivity index (χ4v) is 3.82. The van der Waals surface area contributed by atoms with Crippen molar-refractivity contribution in [3.63, 3.8) is 0 Å². The van der Waals surface area contributed by atoms with Gasteiger partial charge in [-0.05, 0) is 48.7 Å². The van der Waals surface area contributed by atoms with E-state index >= 15 is 0 Å². The van der Waals surface area contributed by atoms with Crippen LogP contribution in [0.3, 0.4) is 0 Å². The summed E-state index contributed by atoms with van der Waals surface area (Å²) in [6.07, 6.45) is 4.88. The Hall–Kier alpha value is -3.13. The number of nitrogens with one attached hydrogen (secondary N) is 3. The van der Waals surface area contributed by atoms with E-state index in [0.717, 1.165) is 66.5 Å². The lowest BCUT2D eigenvalue weighted by atomic mass is 10.1. The van der Waals surface area contributed by atoms with Gasteiger partial charge in [0.05, 0.1) is 12.7 Å². The summed E-state index contributed by atoms with van der Waals surface area (Å²) < 4.78 is 18.9. The minimum Gasteiger partial charge on any atom is -0.375 e. The van der Waals surface area contributed by atoms with Crippen molar-refractivity contribution in [3.05, 3.63) is 59.7 Å². The molecule has 0 aliphatic carbocycles. The molecule has 1 aliphatic heterocycles. The van der Waals surface area contributed by atoms with E-state index in [1.54, 1.807) is 7.05 Å². The van der Waals surface area contributed by atoms with E-state index in [0.29, 0.717) is 6.54 Å². The molecule has 1 aromatic carbocycles. The second-order valence-corrected chi connectivity index (χ2v) is 7.76. The number of aromatic nitrogens is 2. The highest BCUT2D eigenvalue weighted by Crippen LogP contribution is 2.19. The van der Waals surface area contributed by atoms with Crippen LogP contribution in [0.1, 0.15) is 18.1 Å². The van der Waals surface area contributed by atoms with Gasteiger partial charge in [0.1, 0.15) is 11.6 Å². The van der Waals surface area contributed by atoms with Gasteiger partial charge in [-0.15, -0.1) is 0 Å². The summed E-state index contributed by atoms with van der Waals surface area (Å²) in [5.74, 6) is 1.49. The first kappa shape index (κ1) is 21.1. The Morgan fingerprint density at radius 3 is 3.00 bits per heavy atom. The number of fused-ring (bicyclic) bond motifs is 1. The first-order valence-electron chi connectivity index (χ1n) is 10.6. The number of aromatic amines is 1. The summed E-state index contributed by atoms with van der Waals surface area (Å²) in [7, 11) is 1.75. The smallest absolute Gasteiger partial charge is 0.191 e. The minimum absolute atomic E-state index is 0.231. The molecule has 0 radical (unpaired) electrons. The largest absolute Gasteiger partial charge is 0.375 e. The molecule has 4 rings (SSSR count). The summed E-state index contributed by atoms with van der Waals surface area (Å²) >= 11 is 0. The Kier molecular flexibility index (Phi) is 6.66. The van der Waals surface area contributed by atoms with Crippen molar-refractivity contribution in [1.82, 2.24) is 20.6 Å². The molecule has 31 heavy (non-hydrogen) atoms. The van der Waals surface area contributed by atoms with Crippen molar-refractivity contribution >= 4 is 22.7 Å². The van der Waals surface area contributed by atoms with Gasteiger partial charge in [0, 0.05) is 56.5 Å². The first-order valence-corrected chi connectivity index (χ1v) is 10.6. The normalized spacial score (nSPS) is 17.2. The number of guanidine groups is 1. The summed E-state index contributed by atoms with van der Waals surface area (Å²) in [6, 6.07) is 8.98. The molecule has 0 saturated carbocycles. The molecule has 164 valence electrons. The van der Waals surface area contributed by atoms with Crippen molar-refractivity contribution in [2.24, 2.45) is 4.99 Å². The molecular formula is C23H29FN6O. The fourth-order valence-electron chi connectivity index (χ4n) is 3.82. The van der Waals surface area contributed by atoms with Crippen molar-refractivity contribution in [2.45, 2.75) is 26.0 Å². The van der Waals surface area contributed by atoms with Crippen LogP contribution < -0.4 is 15.5 Å². The number of hydrogen-bond donors (Lipinski definition) is 3. The molecule has 3 aromatic rings. The number of anilines is 1. The van der Waals surface area contributed by atoms with E-state index in [1.165, 1.54) is 12.1 Å². The molecule has 0 bridgehead atoms. The van der Waals surface area contributed by atoms with E-state index in [2.05, 4.69) is 49.6 Å². The standard InChI is InChI=1S/C23H29FN6O/c1-16-15-30(9-10-31-16)22-6-3-17(12-28-22)13-29-23(25-2)26-8-7-18-14-27-21-11-19(24)4-5-20(18)21/h3-6,11-12,14,16,27H,7-10,13,15H2,1-2H3,(H2,25,26,29). The number of H-pyrrole nitrogens is 1. The third kappa shape index (κ3) is 5.32. The molecule has 2 aromatic heterocycles. The van der Waals surface area contributed by atoms with Gasteiger partial charge in [0.15, 0.2) is 5.96 Å². The van der Waals surface area contributed by atoms with Crippen LogP contribution in [0.4, 0.5) is 10.2 Å². The topological polar surface area (TPSA) is 77.6 Å². The predicted molar refractivity (Wildman–Crippen MR) is 122 cm³/mol. The fraction of sp³-hybridized carbons (Fsp3) is 0.391. The molecule has 0 spiro atoms. The lowest BCUT2D eigenvalue weighted by molar-refractivity contribution is 0.0529. The zero-order valence-electron chi connectivity index (χ0n) is 18.0. The lowest BCUT2D eigenvalue weighted by Gasteiger charge is -2.32. The number of morpholine rings is 1. The van der Waals surface area contributed by atoms with Crippen LogP contribution in [0.5, 0.6) is 0 Å². The number of nitrogens with zero attached hydrogens (tertiary/aromatic N) is 3. The SMILES string of the molecule is CN=C(NCCc1c[nH]c2cc(F)ccc12)NCc1ccc(N2CCOC(C)C2)nc1. The van der Waals surface area contributed by atoms with Gasteiger partial charge in [-0.25, -0.2) is 9.37 Å². The van der Waals surface area contributed by atoms with Crippen molar-refractivity contribution in [2.75, 3.05) is 38.2 Å². The molecule has 1 saturated heterocycles. The van der Waals surface area contributed by atoms with Gasteiger partial charge < -0.3 is 25.3 Å². The lowest BCUT2D eigenvalue weighted by Crippen LogP contribution is -2.41. The second kappa shape index (κ2) is 9.78. The Bertz CT molecular complexity index is 1030. The van der Waals surface area contributed by atoms with E-state index in [-0.39, 0.29) is 11.9 Å². The van der Waals surface area contributed by atoms with E-state index in [9.17, 15) is 4.39 Å². The van der Waals surface area contributed by atoms with Crippen LogP contribution in [0.15, 0.2) is 47.7 Å². The van der Waals surface area contributed by atoms with E-state index < -0.39 is 0 Å². The maximum atomic E-state index is 13.3. The van der Waals surface area contributed by atoms with Crippen LogP contribution >= 0.6 is 0 Å². The van der Waals surface area contributed by atoms with Crippen LogP contribution in [0.2, 0.25) is 0 Å². The maximum Gasteiger partial charge on any atom is 0.191 e. The zero-order chi connectivity index (χ0) is 21.6. The third-order valence-electron chi connectivity index (χ3n) is 5.47. The Morgan fingerprint density at radius 1 is 1.32 bits per heavy atom. The van der Waals surface area contributed by atoms with Crippen LogP contribution in [-0.4, -0.2) is 55.3 Å². The average molecular weight is 425 g/mol. The van der Waals surface area contributed by atoms with E-state index in [1.807, 2.05) is 18.5 Å². The van der Waals surface area contributed by atoms with Gasteiger partial charge in [0.2, 0.25) is 0 Å². The maximum absolute atomic E-state index is 13.3. The molecular weight excluding hydrogens is 395 g/mol. The highest BCUT2D eigenvalue weighted by Gasteiger charge is 2.17. The second-order valence-electron chi connectivity index (χ2n) is 7.76. The van der Waals surface area contributed by atoms with Crippen molar-refractivity contribution in [1.29, 1.82) is 0 Å². The van der Waals surface area contributed by atoms with Crippen LogP contribution in [0.25, 0.3) is 10.9 Å². The van der Waals surface area contributed by atoms with Gasteiger partial charge in [-0.3, -0.25) is 4.99 Å². The minimum atomic E-state index is -0.231. The first-order chi connectivity index (χ1) is 15.1. The average Bonchev–Trinajstić information content (AvgIpc) is 3.18. The van der Waals surface area contributed by atoms with E-state index in [4.69, 9.17) is 4.74 Å². The molecule has 1 fully saturated rings. The van der Waals surface area contributed by atoms with Gasteiger partial charge in [-0.1, -0.05) is 6.07 Å². The number of benzene rings is 1. The number of ether oxygens (including phenoxy) is 1. The Morgan fingerprint density at radius 2 is 2.23 bits per heavy atom. The number of halogens is 1. The van der Waals surface area contributed by atoms with Crippen molar-refractivity contribution < 1.29 is 9.13 Å². The number of aliphatic imine (C=N–C) groups is 1. The number of pyridine rings is 1. The van der Waals surface area contributed by atoms with Gasteiger partial charge in [0.25, 0.3) is 0 Å². The Balaban J connectivity index is 1.25. The van der Waals surface area contributed by atoms with Gasteiger partial charge >= 0.3 is 0 Å². The molecule has 0 amide bonds. The number of hydrogen-bond acceptors (Lipinski definition) is 4. The summed E-state index contributed by atoms with van der Waals surface area (Å²) in [6.45, 7) is 5.92. The quantitative estimate of drug-likeness (QED) is 0.419. The van der Waals surface area contributed by atoms with Gasteiger partial charge in [-0.2, -0.15) is 0 Å². The monoisotopic (exact) mass is 424 g/mol. The molecule has 1 atom stereocenters. The highest BCUT2D eigenvalue weighted by molar-refractivity contribution is 5.83. The van der Waals surface area contributed by atoms with Crippen LogP contribution in [-0.2, 0) is 17.7 Å². The van der Waals surface area contributed by atoms with Crippen molar-refractivity contribution in [3.8, 4) is 0 Å². The molecule has 1 aliphatic rings. The Labute approximate surface area is 181 Å². The van der Waals surface area contributed by atoms with Crippen LogP contribution in [0, 0.1) is 5.82 Å². The molecule has 7 nitrogen and oxygen atoms in total. The zero-order valence-corrected chi connectivity index (χ0v) is 18.0. The summed E-state index contributed by atoms with van der Waals surface area (Å²) in [5, 5.41) is 7.70. The summed E-state index contributed by atoms with van der Waals surface area (Å²) in [5.41, 5.74) is 3.06. The summed E-state index contributed by atoms with van der Waals surface area (Å²) in [4.78, 5) is 14.3. The third-order valence-corrected chi connectivity index (χ3v) is 5.47. The number of rotatable bonds is 6. The molecule has 3 heterocycles. The molecule has 1 unspecified atom stereocenters. The highest BCUT2D eigenvalue weighted by atomic mass is 19.1. The molecule has 3 N–H and O–H groups in total.